The topological polar surface area (TPSA) is 183 Å². The van der Waals surface area contributed by atoms with Gasteiger partial charge in [-0.15, -0.1) is 0 Å². The molecule has 0 unspecified atom stereocenters. The molecule has 0 amide bonds. The van der Waals surface area contributed by atoms with Gasteiger partial charge < -0.3 is 60.1 Å². The molecule has 0 aromatic rings. The normalized spacial score (nSPS) is 6.08. The Morgan fingerprint density at radius 2 is 1.00 bits per heavy atom. The second kappa shape index (κ2) is 99.0. The van der Waals surface area contributed by atoms with Gasteiger partial charge in [-0.1, -0.05) is 0 Å². The molecule has 0 saturated heterocycles. The summed E-state index contributed by atoms with van der Waals surface area (Å²) in [5.41, 5.74) is 0. The molecule has 0 aliphatic rings. The fraction of sp³-hybridized carbons (Fsp3) is 0.769. The maximum Gasteiger partial charge on any atom is 0.268 e. The van der Waals surface area contributed by atoms with E-state index in [0.717, 1.165) is 20.8 Å². The third-order valence-electron chi connectivity index (χ3n) is 0.825. The second-order valence-electron chi connectivity index (χ2n) is 2.06. The fourth-order valence-electron chi connectivity index (χ4n) is 0.154. The molecule has 0 heterocycles. The van der Waals surface area contributed by atoms with Gasteiger partial charge in [0.2, 0.25) is 6.61 Å². The Morgan fingerprint density at radius 3 is 1.00 bits per heavy atom. The SMILES string of the molecule is CO.CO.COC(O)OC.C[CH+]O.C[OH2+].OCC(O)CO.[CH3-].[CH3-].[Zr].[Zr]. The molecule has 0 atom stereocenters. The van der Waals surface area contributed by atoms with Crippen LogP contribution in [-0.2, 0) is 61.9 Å². The molecule has 0 spiro atoms. The summed E-state index contributed by atoms with van der Waals surface area (Å²) < 4.78 is 8.47. The largest absolute Gasteiger partial charge is 0.448 e. The summed E-state index contributed by atoms with van der Waals surface area (Å²) in [4.78, 5) is 0. The van der Waals surface area contributed by atoms with Crippen LogP contribution in [0.5, 0.6) is 0 Å². The van der Waals surface area contributed by atoms with Gasteiger partial charge in [0.15, 0.2) is 0 Å². The van der Waals surface area contributed by atoms with Gasteiger partial charge in [0.25, 0.3) is 6.48 Å². The van der Waals surface area contributed by atoms with Crippen LogP contribution in [0, 0.1) is 21.5 Å². The minimum Gasteiger partial charge on any atom is -0.448 e. The van der Waals surface area contributed by atoms with Gasteiger partial charge >= 0.3 is 0 Å². The molecule has 0 bridgehead atoms. The predicted molar refractivity (Wildman–Crippen MR) is 90.8 cm³/mol. The quantitative estimate of drug-likeness (QED) is 0.119. The van der Waals surface area contributed by atoms with E-state index in [4.69, 9.17) is 40.9 Å². The number of hydrogen-bond donors (Lipinski definition) is 7. The average molecular weight is 539 g/mol. The smallest absolute Gasteiger partial charge is 0.268 e. The maximum absolute atomic E-state index is 8.22. The van der Waals surface area contributed by atoms with E-state index in [9.17, 15) is 0 Å². The molecule has 0 aliphatic carbocycles. The first-order valence-electron chi connectivity index (χ1n) is 5.48. The molecule has 9 N–H and O–H groups in total. The minimum atomic E-state index is -1.06. The Hall–Kier alpha value is 1.24. The van der Waals surface area contributed by atoms with Crippen molar-refractivity contribution in [2.45, 2.75) is 19.5 Å². The number of methoxy groups -OCH3 is 2. The fourth-order valence-corrected chi connectivity index (χ4v) is 0.154. The van der Waals surface area contributed by atoms with Gasteiger partial charge in [-0.25, -0.2) is 5.11 Å². The molecular weight excluding hydrogens is 499 g/mol. The van der Waals surface area contributed by atoms with E-state index in [1.807, 2.05) is 0 Å². The van der Waals surface area contributed by atoms with Crippen LogP contribution in [0.25, 0.3) is 0 Å². The van der Waals surface area contributed by atoms with E-state index in [2.05, 4.69) is 9.47 Å². The Kier molecular flexibility index (Phi) is 251. The Bertz CT molecular complexity index is 90.9. The van der Waals surface area contributed by atoms with E-state index in [1.54, 1.807) is 6.92 Å². The van der Waals surface area contributed by atoms with Gasteiger partial charge in [0.05, 0.1) is 13.2 Å². The van der Waals surface area contributed by atoms with Gasteiger partial charge in [-0.2, -0.15) is 0 Å². The third-order valence-corrected chi connectivity index (χ3v) is 0.825. The van der Waals surface area contributed by atoms with Crippen LogP contribution in [0.4, 0.5) is 0 Å². The monoisotopic (exact) mass is 536 g/mol. The van der Waals surface area contributed by atoms with Gasteiger partial charge in [-0.05, 0) is 0 Å². The van der Waals surface area contributed by atoms with E-state index in [0.29, 0.717) is 0 Å². The van der Waals surface area contributed by atoms with Crippen molar-refractivity contribution in [3.05, 3.63) is 21.5 Å². The molecule has 0 saturated carbocycles. The zero-order chi connectivity index (χ0) is 18.7. The molecule has 0 aromatic heterocycles. The Morgan fingerprint density at radius 1 is 0.840 bits per heavy atom. The van der Waals surface area contributed by atoms with Crippen LogP contribution in [0.2, 0.25) is 0 Å². The number of aliphatic hydroxyl groups excluding tert-OH is 7. The molecule has 0 aromatic carbocycles. The number of rotatable bonds is 4. The summed E-state index contributed by atoms with van der Waals surface area (Å²) in [6.07, 6.45) is -0.954. The van der Waals surface area contributed by atoms with Crippen molar-refractivity contribution in [1.82, 2.24) is 0 Å². The number of ether oxygens (including phenoxy) is 2. The van der Waals surface area contributed by atoms with Crippen molar-refractivity contribution >= 4 is 0 Å². The second-order valence-corrected chi connectivity index (χ2v) is 2.06. The van der Waals surface area contributed by atoms with Crippen molar-refractivity contribution in [1.29, 1.82) is 0 Å². The predicted octanol–water partition coefficient (Wildman–Crippen LogP) is -2.12. The van der Waals surface area contributed by atoms with Crippen LogP contribution in [0.3, 0.4) is 0 Å². The zero-order valence-corrected chi connectivity index (χ0v) is 21.5. The van der Waals surface area contributed by atoms with Crippen LogP contribution in [-0.4, -0.2) is 102 Å². The Labute approximate surface area is 191 Å². The molecule has 12 heteroatoms. The van der Waals surface area contributed by atoms with Crippen LogP contribution in [0.15, 0.2) is 0 Å². The van der Waals surface area contributed by atoms with Crippen LogP contribution < -0.4 is 0 Å². The van der Waals surface area contributed by atoms with Crippen molar-refractivity contribution in [3.63, 3.8) is 0 Å². The van der Waals surface area contributed by atoms with Crippen LogP contribution in [0.1, 0.15) is 6.92 Å². The van der Waals surface area contributed by atoms with Crippen molar-refractivity contribution in [2.75, 3.05) is 48.8 Å². The van der Waals surface area contributed by atoms with Gasteiger partial charge in [-0.3, -0.25) is 0 Å². The van der Waals surface area contributed by atoms with Gasteiger partial charge in [0, 0.05) is 80.8 Å². The standard InChI is InChI=1S/2C3H8O3.C2H5O.3CH4O.2CH3.2Zr/c1-5-3(4)6-2;4-1-3(6)2-5;1-2-3;3*1-2;;;;/h3-4H,1-2H3;3-6H,1-2H2;2-3H,1H3;3*2H,1H3;2*1H3;;/q;;+1;;;;2*-1;;/p+1. The molecular formula is C13H40O10Zr2. The van der Waals surface area contributed by atoms with Crippen molar-refractivity contribution < 1.29 is 103 Å². The summed E-state index contributed by atoms with van der Waals surface area (Å²) in [7, 11) is 5.96. The molecule has 10 nitrogen and oxygen atoms in total. The molecule has 25 heavy (non-hydrogen) atoms. The molecule has 0 rings (SSSR count). The Balaban J connectivity index is -0.0000000140. The van der Waals surface area contributed by atoms with Crippen LogP contribution >= 0.6 is 0 Å². The number of hydrogen-bond acceptors (Lipinski definition) is 9. The van der Waals surface area contributed by atoms with E-state index in [1.165, 1.54) is 21.3 Å². The third kappa shape index (κ3) is 160. The zero-order valence-electron chi connectivity index (χ0n) is 16.6. The average Bonchev–Trinajstić information content (AvgIpc) is 2.59. The summed E-state index contributed by atoms with van der Waals surface area (Å²) >= 11 is 0. The van der Waals surface area contributed by atoms with Crippen molar-refractivity contribution in [3.8, 4) is 0 Å². The van der Waals surface area contributed by atoms with E-state index >= 15 is 0 Å². The van der Waals surface area contributed by atoms with E-state index in [-0.39, 0.29) is 80.5 Å². The molecule has 0 radical (unpaired) electrons. The summed E-state index contributed by atoms with van der Waals surface area (Å²) in [5, 5.41) is 59.4. The molecule has 0 aliphatic heterocycles. The van der Waals surface area contributed by atoms with Gasteiger partial charge in [0.1, 0.15) is 20.1 Å². The maximum atomic E-state index is 8.22. The summed E-state index contributed by atoms with van der Waals surface area (Å²) in [6.45, 7) is 0.762. The first-order chi connectivity index (χ1) is 10.0. The molecule has 160 valence electrons. The summed E-state index contributed by atoms with van der Waals surface area (Å²) in [5.74, 6) is 0. The minimum absolute atomic E-state index is 0. The van der Waals surface area contributed by atoms with Crippen molar-refractivity contribution in [2.24, 2.45) is 0 Å². The van der Waals surface area contributed by atoms with E-state index < -0.39 is 12.6 Å². The molecule has 0 fully saturated rings. The first kappa shape index (κ1) is 63.4. The number of aliphatic hydroxyl groups is 7. The summed E-state index contributed by atoms with van der Waals surface area (Å²) in [6, 6.07) is 0. The first-order valence-corrected chi connectivity index (χ1v) is 5.48.